The lowest BCUT2D eigenvalue weighted by molar-refractivity contribution is -0.190. The number of rotatable bonds is 6. The first-order valence-corrected chi connectivity index (χ1v) is 14.1. The number of benzene rings is 2. The summed E-state index contributed by atoms with van der Waals surface area (Å²) in [5, 5.41) is 6.10. The molecule has 0 aromatic heterocycles. The Morgan fingerprint density at radius 2 is 1.81 bits per heavy atom. The van der Waals surface area contributed by atoms with Crippen molar-refractivity contribution in [1.29, 1.82) is 0 Å². The molecular formula is C32H33N5O5. The summed E-state index contributed by atoms with van der Waals surface area (Å²) < 4.78 is 11.3. The van der Waals surface area contributed by atoms with Gasteiger partial charge < -0.3 is 24.6 Å². The van der Waals surface area contributed by atoms with E-state index in [1.807, 2.05) is 72.8 Å². The molecule has 0 saturated carbocycles. The summed E-state index contributed by atoms with van der Waals surface area (Å²) in [5.41, 5.74) is 1.62. The highest BCUT2D eigenvalue weighted by atomic mass is 16.7. The molecule has 4 aliphatic rings. The van der Waals surface area contributed by atoms with Gasteiger partial charge in [-0.05, 0) is 17.2 Å². The number of piperazine rings is 1. The van der Waals surface area contributed by atoms with E-state index in [2.05, 4.69) is 18.2 Å². The molecule has 3 aliphatic heterocycles. The molecule has 3 heterocycles. The van der Waals surface area contributed by atoms with Gasteiger partial charge in [-0.1, -0.05) is 79.6 Å². The molecule has 1 aliphatic carbocycles. The second-order valence-electron chi connectivity index (χ2n) is 10.8. The SMILES string of the molecule is C#CCN1CC(=O)N2[C@@H](c3ccccc3)C(=O)N(CC3C=CC4=C(OCO4)C3C)C[C@@H]2N1C(=O)NCc1ccccc1. The summed E-state index contributed by atoms with van der Waals surface area (Å²) in [5.74, 6) is 3.58. The first kappa shape index (κ1) is 27.4. The van der Waals surface area contributed by atoms with Crippen LogP contribution in [0.4, 0.5) is 4.79 Å². The number of hydrazine groups is 1. The number of terminal acetylenes is 1. The van der Waals surface area contributed by atoms with E-state index in [0.717, 1.165) is 17.1 Å². The zero-order valence-electron chi connectivity index (χ0n) is 23.4. The van der Waals surface area contributed by atoms with Crippen molar-refractivity contribution < 1.29 is 23.9 Å². The van der Waals surface area contributed by atoms with E-state index in [-0.39, 0.29) is 50.1 Å². The maximum absolute atomic E-state index is 14.2. The number of nitrogens with one attached hydrogen (secondary N) is 1. The third-order valence-corrected chi connectivity index (χ3v) is 8.26. The molecule has 2 saturated heterocycles. The minimum absolute atomic E-state index is 0.00953. The second kappa shape index (κ2) is 11.6. The number of carbonyl (C=O) groups excluding carboxylic acids is 3. The summed E-state index contributed by atoms with van der Waals surface area (Å²) in [4.78, 5) is 45.1. The number of amides is 4. The molecule has 10 heteroatoms. The van der Waals surface area contributed by atoms with E-state index >= 15 is 0 Å². The van der Waals surface area contributed by atoms with Crippen LogP contribution in [0.3, 0.4) is 0 Å². The van der Waals surface area contributed by atoms with Crippen LogP contribution < -0.4 is 5.32 Å². The largest absolute Gasteiger partial charge is 0.458 e. The Kier molecular flexibility index (Phi) is 7.59. The average molecular weight is 568 g/mol. The molecule has 0 bridgehead atoms. The molecule has 42 heavy (non-hydrogen) atoms. The second-order valence-corrected chi connectivity index (χ2v) is 10.8. The number of carbonyl (C=O) groups is 3. The van der Waals surface area contributed by atoms with Crippen molar-refractivity contribution >= 4 is 17.8 Å². The predicted octanol–water partition coefficient (Wildman–Crippen LogP) is 2.84. The fourth-order valence-electron chi connectivity index (χ4n) is 6.14. The normalized spacial score (nSPS) is 25.4. The number of hydrogen-bond acceptors (Lipinski definition) is 6. The topological polar surface area (TPSA) is 94.7 Å². The van der Waals surface area contributed by atoms with Gasteiger partial charge in [0.2, 0.25) is 18.6 Å². The van der Waals surface area contributed by atoms with Crippen molar-refractivity contribution in [1.82, 2.24) is 25.1 Å². The van der Waals surface area contributed by atoms with Crippen LogP contribution in [0.1, 0.15) is 24.1 Å². The number of hydrogen-bond donors (Lipinski definition) is 1. The van der Waals surface area contributed by atoms with Crippen LogP contribution >= 0.6 is 0 Å². The van der Waals surface area contributed by atoms with Crippen molar-refractivity contribution in [3.05, 3.63) is 95.5 Å². The summed E-state index contributed by atoms with van der Waals surface area (Å²) in [6.07, 6.45) is 8.85. The van der Waals surface area contributed by atoms with Gasteiger partial charge in [-0.15, -0.1) is 6.42 Å². The fraction of sp³-hybridized carbons (Fsp3) is 0.344. The standard InChI is InChI=1S/C32H33N5O5/c1-3-16-35-20-28(38)36-27(37(35)32(40)33-17-23-10-6-4-7-11-23)19-34(31(39)29(36)24-12-8-5-9-13-24)18-25-14-15-26-30(22(25)2)42-21-41-26/h1,4-15,22,25,27,29H,16-21H2,2H3,(H,33,40)/t22?,25?,27-,29-/m0/s1. The molecule has 2 aromatic carbocycles. The molecule has 216 valence electrons. The van der Waals surface area contributed by atoms with Crippen LogP contribution in [-0.4, -0.2) is 76.8 Å². The minimum atomic E-state index is -0.890. The van der Waals surface area contributed by atoms with Crippen molar-refractivity contribution in [3.8, 4) is 12.3 Å². The van der Waals surface area contributed by atoms with Crippen LogP contribution in [-0.2, 0) is 25.6 Å². The Balaban J connectivity index is 1.33. The number of ether oxygens (including phenoxy) is 2. The average Bonchev–Trinajstić information content (AvgIpc) is 3.49. The maximum Gasteiger partial charge on any atom is 0.334 e. The maximum atomic E-state index is 14.2. The lowest BCUT2D eigenvalue weighted by atomic mass is 9.86. The summed E-state index contributed by atoms with van der Waals surface area (Å²) in [7, 11) is 0. The Morgan fingerprint density at radius 3 is 2.55 bits per heavy atom. The van der Waals surface area contributed by atoms with Gasteiger partial charge in [0, 0.05) is 24.9 Å². The van der Waals surface area contributed by atoms with Crippen LogP contribution in [0, 0.1) is 24.2 Å². The molecule has 6 rings (SSSR count). The minimum Gasteiger partial charge on any atom is -0.458 e. The molecule has 10 nitrogen and oxygen atoms in total. The monoisotopic (exact) mass is 567 g/mol. The van der Waals surface area contributed by atoms with Crippen molar-refractivity contribution in [2.75, 3.05) is 33.0 Å². The van der Waals surface area contributed by atoms with Gasteiger partial charge >= 0.3 is 6.03 Å². The summed E-state index contributed by atoms with van der Waals surface area (Å²) in [6, 6.07) is 17.5. The Morgan fingerprint density at radius 1 is 1.07 bits per heavy atom. The molecular weight excluding hydrogens is 534 g/mol. The molecule has 2 fully saturated rings. The van der Waals surface area contributed by atoms with Crippen LogP contribution in [0.25, 0.3) is 0 Å². The third kappa shape index (κ3) is 5.08. The van der Waals surface area contributed by atoms with Gasteiger partial charge in [-0.2, -0.15) is 5.01 Å². The highest BCUT2D eigenvalue weighted by Crippen LogP contribution is 2.38. The smallest absolute Gasteiger partial charge is 0.334 e. The summed E-state index contributed by atoms with van der Waals surface area (Å²) in [6.45, 7) is 3.00. The van der Waals surface area contributed by atoms with Crippen LogP contribution in [0.5, 0.6) is 0 Å². The van der Waals surface area contributed by atoms with Gasteiger partial charge in [-0.25, -0.2) is 9.80 Å². The summed E-state index contributed by atoms with van der Waals surface area (Å²) >= 11 is 0. The molecule has 0 spiro atoms. The van der Waals surface area contributed by atoms with Crippen molar-refractivity contribution in [3.63, 3.8) is 0 Å². The zero-order valence-corrected chi connectivity index (χ0v) is 23.4. The van der Waals surface area contributed by atoms with E-state index in [0.29, 0.717) is 18.7 Å². The van der Waals surface area contributed by atoms with Gasteiger partial charge in [0.05, 0.1) is 19.6 Å². The lowest BCUT2D eigenvalue weighted by Gasteiger charge is -2.55. The van der Waals surface area contributed by atoms with E-state index < -0.39 is 18.2 Å². The first-order valence-electron chi connectivity index (χ1n) is 14.1. The van der Waals surface area contributed by atoms with Gasteiger partial charge in [0.25, 0.3) is 0 Å². The fourth-order valence-corrected chi connectivity index (χ4v) is 6.14. The molecule has 2 aromatic rings. The van der Waals surface area contributed by atoms with E-state index in [1.54, 1.807) is 14.8 Å². The molecule has 1 N–H and O–H groups in total. The number of allylic oxidation sites excluding steroid dienone is 2. The quantitative estimate of drug-likeness (QED) is 0.540. The Labute approximate surface area is 245 Å². The molecule has 2 unspecified atom stereocenters. The van der Waals surface area contributed by atoms with Crippen LogP contribution in [0.2, 0.25) is 0 Å². The molecule has 4 amide bonds. The first-order chi connectivity index (χ1) is 20.5. The predicted molar refractivity (Wildman–Crippen MR) is 153 cm³/mol. The van der Waals surface area contributed by atoms with Crippen molar-refractivity contribution in [2.24, 2.45) is 11.8 Å². The van der Waals surface area contributed by atoms with E-state index in [4.69, 9.17) is 15.9 Å². The highest BCUT2D eigenvalue weighted by Gasteiger charge is 2.52. The highest BCUT2D eigenvalue weighted by molar-refractivity contribution is 5.92. The number of urea groups is 1. The van der Waals surface area contributed by atoms with E-state index in [9.17, 15) is 14.4 Å². The zero-order chi connectivity index (χ0) is 29.2. The lowest BCUT2D eigenvalue weighted by Crippen LogP contribution is -2.74. The number of fused-ring (bicyclic) bond motifs is 1. The van der Waals surface area contributed by atoms with Crippen LogP contribution in [0.15, 0.2) is 84.3 Å². The Hall–Kier alpha value is -4.75. The Bertz CT molecular complexity index is 1450. The molecule has 0 radical (unpaired) electrons. The van der Waals surface area contributed by atoms with Gasteiger partial charge in [0.1, 0.15) is 18.0 Å². The van der Waals surface area contributed by atoms with E-state index in [1.165, 1.54) is 5.01 Å². The van der Waals surface area contributed by atoms with Gasteiger partial charge in [-0.3, -0.25) is 9.59 Å². The van der Waals surface area contributed by atoms with Crippen molar-refractivity contribution in [2.45, 2.75) is 25.7 Å². The molecule has 4 atom stereocenters. The van der Waals surface area contributed by atoms with Gasteiger partial charge in [0.15, 0.2) is 5.76 Å². The number of nitrogens with zero attached hydrogens (tertiary/aromatic N) is 4. The third-order valence-electron chi connectivity index (χ3n) is 8.26.